The summed E-state index contributed by atoms with van der Waals surface area (Å²) in [4.78, 5) is 11.7. The van der Waals surface area contributed by atoms with Crippen LogP contribution in [0.1, 0.15) is 5.82 Å². The van der Waals surface area contributed by atoms with Crippen molar-refractivity contribution in [1.82, 2.24) is 20.1 Å². The van der Waals surface area contributed by atoms with Gasteiger partial charge in [-0.3, -0.25) is 9.36 Å². The van der Waals surface area contributed by atoms with Gasteiger partial charge in [0, 0.05) is 19.3 Å². The van der Waals surface area contributed by atoms with Crippen LogP contribution in [0.3, 0.4) is 0 Å². The molecule has 21 heavy (non-hydrogen) atoms. The van der Waals surface area contributed by atoms with Crippen molar-refractivity contribution in [2.24, 2.45) is 0 Å². The molecule has 0 radical (unpaired) electrons. The Morgan fingerprint density at radius 3 is 2.81 bits per heavy atom. The standard InChI is InChI=1S/C14H18N4O2S/c1-11-16-17-14(18(11)12-6-4-3-5-7-12)21-10-13(19)15-8-9-20-2/h3-7H,8-10H2,1-2H3,(H,15,19). The average molecular weight is 306 g/mol. The van der Waals surface area contributed by atoms with Gasteiger partial charge in [0.2, 0.25) is 5.91 Å². The first-order valence-electron chi connectivity index (χ1n) is 6.58. The molecule has 0 saturated heterocycles. The van der Waals surface area contributed by atoms with Gasteiger partial charge in [0.1, 0.15) is 5.82 Å². The molecule has 112 valence electrons. The second kappa shape index (κ2) is 7.80. The highest BCUT2D eigenvalue weighted by Crippen LogP contribution is 2.21. The zero-order chi connectivity index (χ0) is 15.1. The van der Waals surface area contributed by atoms with Crippen LogP contribution in [0.5, 0.6) is 0 Å². The number of ether oxygens (including phenoxy) is 1. The number of methoxy groups -OCH3 is 1. The third-order valence-electron chi connectivity index (χ3n) is 2.77. The van der Waals surface area contributed by atoms with E-state index in [9.17, 15) is 4.79 Å². The van der Waals surface area contributed by atoms with Gasteiger partial charge >= 0.3 is 0 Å². The Morgan fingerprint density at radius 2 is 2.10 bits per heavy atom. The number of aromatic nitrogens is 3. The SMILES string of the molecule is COCCNC(=O)CSc1nnc(C)n1-c1ccccc1. The lowest BCUT2D eigenvalue weighted by molar-refractivity contribution is -0.118. The summed E-state index contributed by atoms with van der Waals surface area (Å²) in [7, 11) is 1.60. The van der Waals surface area contributed by atoms with Gasteiger partial charge in [-0.05, 0) is 19.1 Å². The Morgan fingerprint density at radius 1 is 1.33 bits per heavy atom. The zero-order valence-electron chi connectivity index (χ0n) is 12.1. The molecule has 0 atom stereocenters. The number of hydrogen-bond acceptors (Lipinski definition) is 5. The molecule has 0 saturated carbocycles. The van der Waals surface area contributed by atoms with E-state index in [1.54, 1.807) is 7.11 Å². The summed E-state index contributed by atoms with van der Waals surface area (Å²) < 4.78 is 6.82. The number of aryl methyl sites for hydroxylation is 1. The largest absolute Gasteiger partial charge is 0.383 e. The number of nitrogens with one attached hydrogen (secondary N) is 1. The van der Waals surface area contributed by atoms with E-state index in [0.29, 0.717) is 24.1 Å². The van der Waals surface area contributed by atoms with Crippen molar-refractivity contribution < 1.29 is 9.53 Å². The van der Waals surface area contributed by atoms with E-state index in [4.69, 9.17) is 4.74 Å². The maximum atomic E-state index is 11.7. The van der Waals surface area contributed by atoms with Gasteiger partial charge in [-0.2, -0.15) is 0 Å². The van der Waals surface area contributed by atoms with Crippen LogP contribution in [0, 0.1) is 6.92 Å². The van der Waals surface area contributed by atoms with Crippen LogP contribution in [-0.2, 0) is 9.53 Å². The van der Waals surface area contributed by atoms with E-state index in [1.807, 2.05) is 41.8 Å². The van der Waals surface area contributed by atoms with Gasteiger partial charge in [-0.15, -0.1) is 10.2 Å². The maximum absolute atomic E-state index is 11.7. The molecule has 6 nitrogen and oxygen atoms in total. The highest BCUT2D eigenvalue weighted by molar-refractivity contribution is 7.99. The first-order valence-corrected chi connectivity index (χ1v) is 7.57. The summed E-state index contributed by atoms with van der Waals surface area (Å²) in [6, 6.07) is 9.85. The van der Waals surface area contributed by atoms with E-state index in [-0.39, 0.29) is 5.91 Å². The molecule has 0 unspecified atom stereocenters. The second-order valence-electron chi connectivity index (χ2n) is 4.33. The molecule has 2 rings (SSSR count). The number of rotatable bonds is 7. The number of carbonyl (C=O) groups is 1. The van der Waals surface area contributed by atoms with Gasteiger partial charge in [-0.1, -0.05) is 30.0 Å². The van der Waals surface area contributed by atoms with Crippen LogP contribution < -0.4 is 5.32 Å². The fourth-order valence-corrected chi connectivity index (χ4v) is 2.61. The Kier molecular flexibility index (Phi) is 5.77. The van der Waals surface area contributed by atoms with Crippen LogP contribution >= 0.6 is 11.8 Å². The second-order valence-corrected chi connectivity index (χ2v) is 5.27. The van der Waals surface area contributed by atoms with E-state index in [0.717, 1.165) is 11.5 Å². The molecule has 1 amide bonds. The average Bonchev–Trinajstić information content (AvgIpc) is 2.87. The van der Waals surface area contributed by atoms with Crippen LogP contribution in [-0.4, -0.2) is 46.7 Å². The van der Waals surface area contributed by atoms with Gasteiger partial charge in [-0.25, -0.2) is 0 Å². The molecule has 0 aliphatic heterocycles. The fourth-order valence-electron chi connectivity index (χ4n) is 1.78. The van der Waals surface area contributed by atoms with Crippen molar-refractivity contribution in [2.75, 3.05) is 26.0 Å². The highest BCUT2D eigenvalue weighted by Gasteiger charge is 2.12. The fraction of sp³-hybridized carbons (Fsp3) is 0.357. The summed E-state index contributed by atoms with van der Waals surface area (Å²) in [6.07, 6.45) is 0. The van der Waals surface area contributed by atoms with Crippen LogP contribution in [0.15, 0.2) is 35.5 Å². The molecule has 1 N–H and O–H groups in total. The van der Waals surface area contributed by atoms with Gasteiger partial charge in [0.15, 0.2) is 5.16 Å². The molecule has 2 aromatic rings. The van der Waals surface area contributed by atoms with Crippen molar-refractivity contribution in [3.8, 4) is 5.69 Å². The van der Waals surface area contributed by atoms with Crippen LogP contribution in [0.4, 0.5) is 0 Å². The van der Waals surface area contributed by atoms with Crippen LogP contribution in [0.25, 0.3) is 5.69 Å². The number of para-hydroxylation sites is 1. The third-order valence-corrected chi connectivity index (χ3v) is 3.70. The first-order chi connectivity index (χ1) is 10.2. The third kappa shape index (κ3) is 4.30. The predicted octanol–water partition coefficient (Wildman–Crippen LogP) is 1.43. The Hall–Kier alpha value is -1.86. The van der Waals surface area contributed by atoms with Crippen molar-refractivity contribution in [3.05, 3.63) is 36.2 Å². The number of carbonyl (C=O) groups excluding carboxylic acids is 1. The minimum Gasteiger partial charge on any atom is -0.383 e. The van der Waals surface area contributed by atoms with Gasteiger partial charge in [0.05, 0.1) is 12.4 Å². The summed E-state index contributed by atoms with van der Waals surface area (Å²) in [5.74, 6) is 1.05. The number of amides is 1. The molecule has 0 bridgehead atoms. The Bertz CT molecular complexity index is 586. The lowest BCUT2D eigenvalue weighted by Gasteiger charge is -2.08. The summed E-state index contributed by atoms with van der Waals surface area (Å²) in [6.45, 7) is 2.92. The number of thioether (sulfide) groups is 1. The van der Waals surface area contributed by atoms with Crippen LogP contribution in [0.2, 0.25) is 0 Å². The molecular formula is C14H18N4O2S. The van der Waals surface area contributed by atoms with Crippen molar-refractivity contribution >= 4 is 17.7 Å². The van der Waals surface area contributed by atoms with Gasteiger partial charge < -0.3 is 10.1 Å². The lowest BCUT2D eigenvalue weighted by Crippen LogP contribution is -2.28. The van der Waals surface area contributed by atoms with E-state index in [2.05, 4.69) is 15.5 Å². The molecule has 0 fully saturated rings. The van der Waals surface area contributed by atoms with Crippen molar-refractivity contribution in [3.63, 3.8) is 0 Å². The van der Waals surface area contributed by atoms with E-state index in [1.165, 1.54) is 11.8 Å². The summed E-state index contributed by atoms with van der Waals surface area (Å²) in [5, 5.41) is 11.7. The van der Waals surface area contributed by atoms with Gasteiger partial charge in [0.25, 0.3) is 0 Å². The maximum Gasteiger partial charge on any atom is 0.230 e. The number of hydrogen-bond donors (Lipinski definition) is 1. The van der Waals surface area contributed by atoms with E-state index < -0.39 is 0 Å². The normalized spacial score (nSPS) is 10.6. The molecular weight excluding hydrogens is 288 g/mol. The minimum atomic E-state index is -0.0442. The lowest BCUT2D eigenvalue weighted by atomic mass is 10.3. The smallest absolute Gasteiger partial charge is 0.230 e. The minimum absolute atomic E-state index is 0.0442. The Labute approximate surface area is 127 Å². The predicted molar refractivity (Wildman–Crippen MR) is 81.7 cm³/mol. The molecule has 0 aliphatic rings. The summed E-state index contributed by atoms with van der Waals surface area (Å²) >= 11 is 1.37. The molecule has 1 aromatic heterocycles. The topological polar surface area (TPSA) is 69.0 Å². The molecule has 7 heteroatoms. The van der Waals surface area contributed by atoms with Crippen molar-refractivity contribution in [2.45, 2.75) is 12.1 Å². The highest BCUT2D eigenvalue weighted by atomic mass is 32.2. The zero-order valence-corrected chi connectivity index (χ0v) is 12.9. The first kappa shape index (κ1) is 15.5. The molecule has 1 heterocycles. The van der Waals surface area contributed by atoms with Crippen molar-refractivity contribution in [1.29, 1.82) is 0 Å². The molecule has 0 spiro atoms. The van der Waals surface area contributed by atoms with E-state index >= 15 is 0 Å². The monoisotopic (exact) mass is 306 g/mol. The molecule has 0 aliphatic carbocycles. The Balaban J connectivity index is 2.00. The quantitative estimate of drug-likeness (QED) is 0.619. The number of benzene rings is 1. The number of nitrogens with zero attached hydrogens (tertiary/aromatic N) is 3. The summed E-state index contributed by atoms with van der Waals surface area (Å²) in [5.41, 5.74) is 0.988. The molecule has 1 aromatic carbocycles.